The number of hydrogen-bond acceptors (Lipinski definition) is 6. The molecule has 194 valence electrons. The van der Waals surface area contributed by atoms with E-state index >= 15 is 0 Å². The zero-order chi connectivity index (χ0) is 27.0. The van der Waals surface area contributed by atoms with Crippen molar-refractivity contribution in [2.75, 3.05) is 26.4 Å². The van der Waals surface area contributed by atoms with Crippen molar-refractivity contribution in [2.24, 2.45) is 15.8 Å². The van der Waals surface area contributed by atoms with Crippen molar-refractivity contribution in [1.29, 1.82) is 10.5 Å². The molecule has 2 saturated heterocycles. The van der Waals surface area contributed by atoms with Gasteiger partial charge in [-0.05, 0) is 29.2 Å². The lowest BCUT2D eigenvalue weighted by atomic mass is 9.53. The Morgan fingerprint density at radius 1 is 0.821 bits per heavy atom. The predicted octanol–water partition coefficient (Wildman–Crippen LogP) is 5.09. The summed E-state index contributed by atoms with van der Waals surface area (Å²) in [4.78, 5) is 12.1. The molecule has 2 fully saturated rings. The Balaban J connectivity index is 1.47. The number of rotatable bonds is 5. The van der Waals surface area contributed by atoms with Crippen molar-refractivity contribution in [3.05, 3.63) is 107 Å². The Morgan fingerprint density at radius 3 is 2.00 bits per heavy atom. The molecule has 6 nitrogen and oxygen atoms in total. The van der Waals surface area contributed by atoms with Crippen molar-refractivity contribution in [1.82, 2.24) is 14.7 Å². The van der Waals surface area contributed by atoms with E-state index in [4.69, 9.17) is 17.2 Å². The van der Waals surface area contributed by atoms with Crippen LogP contribution >= 0.6 is 12.2 Å². The lowest BCUT2D eigenvalue weighted by Gasteiger charge is -2.60. The summed E-state index contributed by atoms with van der Waals surface area (Å²) >= 11 is 6.24. The summed E-state index contributed by atoms with van der Waals surface area (Å²) in [6.07, 6.45) is 0. The summed E-state index contributed by atoms with van der Waals surface area (Å²) in [6, 6.07) is 34.1. The van der Waals surface area contributed by atoms with E-state index in [2.05, 4.69) is 65.3 Å². The number of nitrogens with zero attached hydrogens (tertiary/aromatic N) is 6. The van der Waals surface area contributed by atoms with Crippen LogP contribution in [-0.4, -0.2) is 52.0 Å². The minimum Gasteiger partial charge on any atom is -0.308 e. The molecule has 0 saturated carbocycles. The number of hydrogen-bond donors (Lipinski definition) is 0. The number of benzene rings is 3. The van der Waals surface area contributed by atoms with Gasteiger partial charge in [-0.2, -0.15) is 10.5 Å². The molecule has 0 N–H and O–H groups in total. The minimum atomic E-state index is -1.06. The fourth-order valence-corrected chi connectivity index (χ4v) is 7.11. The van der Waals surface area contributed by atoms with Gasteiger partial charge in [0.05, 0.1) is 25.5 Å². The van der Waals surface area contributed by atoms with Crippen LogP contribution in [0.15, 0.2) is 89.9 Å². The van der Waals surface area contributed by atoms with Crippen molar-refractivity contribution < 1.29 is 0 Å². The number of aliphatic imine (C=N–C) groups is 1. The van der Waals surface area contributed by atoms with Gasteiger partial charge in [0, 0.05) is 32.1 Å². The Hall–Kier alpha value is -3.88. The van der Waals surface area contributed by atoms with Crippen LogP contribution in [0.2, 0.25) is 0 Å². The number of fused-ring (bicyclic) bond motifs is 4. The van der Waals surface area contributed by atoms with Gasteiger partial charge in [-0.25, -0.2) is 0 Å². The molecule has 3 aromatic rings. The van der Waals surface area contributed by atoms with Gasteiger partial charge in [0.25, 0.3) is 0 Å². The van der Waals surface area contributed by atoms with Crippen molar-refractivity contribution in [3.8, 4) is 12.1 Å². The molecule has 0 aromatic heterocycles. The summed E-state index contributed by atoms with van der Waals surface area (Å²) in [5.41, 5.74) is 2.34. The maximum Gasteiger partial charge on any atom is 0.136 e. The SMILES string of the molecule is Cc1ccccc1C1C2(C#N)CN(Cc3ccccc3)CC1(C#N)C1=NCN(Cc3ccccc3)CN1C2=S. The first-order valence-corrected chi connectivity index (χ1v) is 13.7. The summed E-state index contributed by atoms with van der Waals surface area (Å²) in [6.45, 7) is 5.35. The zero-order valence-electron chi connectivity index (χ0n) is 22.0. The van der Waals surface area contributed by atoms with Crippen LogP contribution in [0.25, 0.3) is 0 Å². The number of piperidine rings is 2. The monoisotopic (exact) mass is 530 g/mol. The zero-order valence-corrected chi connectivity index (χ0v) is 22.8. The van der Waals surface area contributed by atoms with Gasteiger partial charge >= 0.3 is 0 Å². The highest BCUT2D eigenvalue weighted by Crippen LogP contribution is 2.58. The predicted molar refractivity (Wildman–Crippen MR) is 155 cm³/mol. The third-order valence-electron chi connectivity index (χ3n) is 8.37. The number of nitriles is 2. The van der Waals surface area contributed by atoms with E-state index in [-0.39, 0.29) is 0 Å². The van der Waals surface area contributed by atoms with Crippen LogP contribution in [0, 0.1) is 40.4 Å². The standard InChI is InChI=1S/C32H30N6S/c1-24-10-8-9-15-27(24)28-31(18-33)20-36(16-25-11-4-2-5-12-25)21-32(28,19-34)30(39)38-23-37(22-35-29(31)38)17-26-13-6-3-7-14-26/h2-15,28H,16-17,20-23H2,1H3. The van der Waals surface area contributed by atoms with E-state index in [9.17, 15) is 10.5 Å². The molecule has 3 aliphatic heterocycles. The smallest absolute Gasteiger partial charge is 0.136 e. The van der Waals surface area contributed by atoms with E-state index in [0.29, 0.717) is 43.8 Å². The summed E-state index contributed by atoms with van der Waals surface area (Å²) in [5, 5.41) is 22.1. The summed E-state index contributed by atoms with van der Waals surface area (Å²) in [7, 11) is 0. The van der Waals surface area contributed by atoms with Crippen LogP contribution in [0.4, 0.5) is 0 Å². The number of amidine groups is 1. The fraction of sp³-hybridized carbons (Fsp3) is 0.312. The lowest BCUT2D eigenvalue weighted by molar-refractivity contribution is 0.0522. The molecular formula is C32H30N6S. The second-order valence-electron chi connectivity index (χ2n) is 10.9. The molecule has 0 amide bonds. The Labute approximate surface area is 235 Å². The quantitative estimate of drug-likeness (QED) is 0.428. The molecule has 39 heavy (non-hydrogen) atoms. The Kier molecular flexibility index (Phi) is 6.53. The summed E-state index contributed by atoms with van der Waals surface area (Å²) < 4.78 is 0. The fourth-order valence-electron chi connectivity index (χ4n) is 6.74. The highest BCUT2D eigenvalue weighted by molar-refractivity contribution is 7.80. The van der Waals surface area contributed by atoms with Gasteiger partial charge in [0.1, 0.15) is 21.7 Å². The molecule has 0 radical (unpaired) electrons. The minimum absolute atomic E-state index is 0.406. The largest absolute Gasteiger partial charge is 0.308 e. The van der Waals surface area contributed by atoms with Crippen LogP contribution in [-0.2, 0) is 13.1 Å². The molecule has 3 aliphatic rings. The van der Waals surface area contributed by atoms with Gasteiger partial charge in [-0.1, -0.05) is 97.1 Å². The van der Waals surface area contributed by atoms with E-state index in [1.807, 2.05) is 53.4 Å². The lowest BCUT2D eigenvalue weighted by Crippen LogP contribution is -2.73. The number of likely N-dealkylation sites (tertiary alicyclic amines) is 1. The Morgan fingerprint density at radius 2 is 1.38 bits per heavy atom. The van der Waals surface area contributed by atoms with E-state index in [0.717, 1.165) is 23.2 Å². The van der Waals surface area contributed by atoms with E-state index < -0.39 is 16.7 Å². The summed E-state index contributed by atoms with van der Waals surface area (Å²) in [5.74, 6) is 0.299. The average Bonchev–Trinajstić information content (AvgIpc) is 2.97. The highest BCUT2D eigenvalue weighted by atomic mass is 32.1. The maximum absolute atomic E-state index is 11.1. The first-order chi connectivity index (χ1) is 19.0. The van der Waals surface area contributed by atoms with Crippen LogP contribution < -0.4 is 0 Å². The average molecular weight is 531 g/mol. The third kappa shape index (κ3) is 4.15. The second-order valence-corrected chi connectivity index (χ2v) is 11.3. The normalized spacial score (nSPS) is 26.7. The van der Waals surface area contributed by atoms with Crippen LogP contribution in [0.3, 0.4) is 0 Å². The maximum atomic E-state index is 11.1. The van der Waals surface area contributed by atoms with Gasteiger partial charge in [-0.3, -0.25) is 14.8 Å². The number of aryl methyl sites for hydroxylation is 1. The van der Waals surface area contributed by atoms with Gasteiger partial charge < -0.3 is 4.90 Å². The Bertz CT molecular complexity index is 1510. The molecular weight excluding hydrogens is 500 g/mol. The van der Waals surface area contributed by atoms with E-state index in [1.165, 1.54) is 5.56 Å². The molecule has 6 rings (SSSR count). The van der Waals surface area contributed by atoms with Gasteiger partial charge in [0.2, 0.25) is 0 Å². The first-order valence-electron chi connectivity index (χ1n) is 13.3. The third-order valence-corrected chi connectivity index (χ3v) is 8.96. The molecule has 0 spiro atoms. The molecule has 3 aromatic carbocycles. The first kappa shape index (κ1) is 25.4. The topological polar surface area (TPSA) is 69.7 Å². The van der Waals surface area contributed by atoms with Gasteiger partial charge in [-0.15, -0.1) is 0 Å². The second kappa shape index (κ2) is 10.0. The molecule has 2 bridgehead atoms. The molecule has 3 unspecified atom stereocenters. The van der Waals surface area contributed by atoms with Crippen molar-refractivity contribution in [2.45, 2.75) is 25.9 Å². The molecule has 0 aliphatic carbocycles. The van der Waals surface area contributed by atoms with Crippen LogP contribution in [0.1, 0.15) is 28.2 Å². The molecule has 3 atom stereocenters. The van der Waals surface area contributed by atoms with E-state index in [1.54, 1.807) is 0 Å². The van der Waals surface area contributed by atoms with Crippen molar-refractivity contribution in [3.63, 3.8) is 0 Å². The number of thiocarbonyl (C=S) groups is 1. The highest BCUT2D eigenvalue weighted by Gasteiger charge is 2.68. The molecule has 7 heteroatoms. The van der Waals surface area contributed by atoms with Gasteiger partial charge in [0.15, 0.2) is 0 Å². The molecule has 3 heterocycles. The van der Waals surface area contributed by atoms with Crippen molar-refractivity contribution >= 4 is 23.0 Å². The van der Waals surface area contributed by atoms with Crippen LogP contribution in [0.5, 0.6) is 0 Å².